The lowest BCUT2D eigenvalue weighted by Gasteiger charge is -2.20. The lowest BCUT2D eigenvalue weighted by molar-refractivity contribution is 0.313. The van der Waals surface area contributed by atoms with E-state index in [0.29, 0.717) is 12.1 Å². The van der Waals surface area contributed by atoms with Crippen LogP contribution in [0.1, 0.15) is 37.8 Å². The summed E-state index contributed by atoms with van der Waals surface area (Å²) in [5, 5.41) is 3.77. The van der Waals surface area contributed by atoms with Crippen LogP contribution in [0.5, 0.6) is 0 Å². The topological polar surface area (TPSA) is 15.3 Å². The molecule has 1 heterocycles. The molecule has 2 atom stereocenters. The SMILES string of the molecule is C[C@@H](NC1CCN(C2CC2)C1)c1ccc(Br)cc1. The quantitative estimate of drug-likeness (QED) is 0.918. The Morgan fingerprint density at radius 1 is 1.22 bits per heavy atom. The molecule has 1 saturated carbocycles. The molecule has 1 N–H and O–H groups in total. The second-order valence-electron chi connectivity index (χ2n) is 5.65. The lowest BCUT2D eigenvalue weighted by Crippen LogP contribution is -2.34. The Bertz CT molecular complexity index is 399. The van der Waals surface area contributed by atoms with Crippen LogP contribution in [0.4, 0.5) is 0 Å². The van der Waals surface area contributed by atoms with E-state index in [1.54, 1.807) is 0 Å². The van der Waals surface area contributed by atoms with Crippen LogP contribution in [-0.4, -0.2) is 30.1 Å². The second-order valence-corrected chi connectivity index (χ2v) is 6.57. The van der Waals surface area contributed by atoms with Gasteiger partial charge in [0.1, 0.15) is 0 Å². The number of hydrogen-bond acceptors (Lipinski definition) is 2. The van der Waals surface area contributed by atoms with Gasteiger partial charge in [0.2, 0.25) is 0 Å². The van der Waals surface area contributed by atoms with Crippen molar-refractivity contribution >= 4 is 15.9 Å². The Morgan fingerprint density at radius 3 is 2.61 bits per heavy atom. The fourth-order valence-electron chi connectivity index (χ4n) is 2.90. The van der Waals surface area contributed by atoms with Gasteiger partial charge in [0.25, 0.3) is 0 Å². The van der Waals surface area contributed by atoms with Crippen LogP contribution in [0.25, 0.3) is 0 Å². The average molecular weight is 309 g/mol. The summed E-state index contributed by atoms with van der Waals surface area (Å²) in [6.07, 6.45) is 4.15. The summed E-state index contributed by atoms with van der Waals surface area (Å²) >= 11 is 3.49. The highest BCUT2D eigenvalue weighted by Crippen LogP contribution is 2.30. The third kappa shape index (κ3) is 2.95. The number of halogens is 1. The van der Waals surface area contributed by atoms with Crippen molar-refractivity contribution in [1.29, 1.82) is 0 Å². The summed E-state index contributed by atoms with van der Waals surface area (Å²) < 4.78 is 1.15. The zero-order valence-electron chi connectivity index (χ0n) is 10.9. The van der Waals surface area contributed by atoms with Gasteiger partial charge in [-0.1, -0.05) is 28.1 Å². The maximum Gasteiger partial charge on any atom is 0.0294 e. The summed E-state index contributed by atoms with van der Waals surface area (Å²) in [6, 6.07) is 10.7. The first-order chi connectivity index (χ1) is 8.72. The molecule has 2 aliphatic rings. The molecule has 2 fully saturated rings. The smallest absolute Gasteiger partial charge is 0.0294 e. The molecule has 1 saturated heterocycles. The van der Waals surface area contributed by atoms with Crippen LogP contribution >= 0.6 is 15.9 Å². The average Bonchev–Trinajstić information content (AvgIpc) is 3.11. The Morgan fingerprint density at radius 2 is 1.94 bits per heavy atom. The summed E-state index contributed by atoms with van der Waals surface area (Å²) in [5.74, 6) is 0. The second kappa shape index (κ2) is 5.32. The monoisotopic (exact) mass is 308 g/mol. The van der Waals surface area contributed by atoms with Crippen molar-refractivity contribution in [3.05, 3.63) is 34.3 Å². The van der Waals surface area contributed by atoms with E-state index < -0.39 is 0 Å². The van der Waals surface area contributed by atoms with E-state index in [0.717, 1.165) is 10.5 Å². The van der Waals surface area contributed by atoms with Gasteiger partial charge in [0.05, 0.1) is 0 Å². The lowest BCUT2D eigenvalue weighted by atomic mass is 10.1. The van der Waals surface area contributed by atoms with Crippen molar-refractivity contribution in [2.24, 2.45) is 0 Å². The molecule has 98 valence electrons. The number of rotatable bonds is 4. The molecule has 0 spiro atoms. The maximum atomic E-state index is 3.77. The standard InChI is InChI=1S/C15H21BrN2/c1-11(12-2-4-13(16)5-3-12)17-14-8-9-18(10-14)15-6-7-15/h2-5,11,14-15,17H,6-10H2,1H3/t11-,14?/m1/s1. The molecule has 18 heavy (non-hydrogen) atoms. The van der Waals surface area contributed by atoms with E-state index in [-0.39, 0.29) is 0 Å². The Kier molecular flexibility index (Phi) is 3.73. The van der Waals surface area contributed by atoms with Gasteiger partial charge < -0.3 is 5.32 Å². The fourth-order valence-corrected chi connectivity index (χ4v) is 3.16. The third-order valence-electron chi connectivity index (χ3n) is 4.14. The van der Waals surface area contributed by atoms with Gasteiger partial charge in [-0.05, 0) is 43.9 Å². The van der Waals surface area contributed by atoms with E-state index in [9.17, 15) is 0 Å². The molecule has 1 aliphatic carbocycles. The molecule has 2 nitrogen and oxygen atoms in total. The Hall–Kier alpha value is -0.380. The predicted octanol–water partition coefficient (Wildman–Crippen LogP) is 3.34. The Labute approximate surface area is 118 Å². The first kappa shape index (κ1) is 12.6. The van der Waals surface area contributed by atoms with Crippen LogP contribution < -0.4 is 5.32 Å². The molecule has 0 bridgehead atoms. The van der Waals surface area contributed by atoms with Crippen LogP contribution in [0.15, 0.2) is 28.7 Å². The van der Waals surface area contributed by atoms with Crippen molar-refractivity contribution in [2.45, 2.75) is 44.3 Å². The highest BCUT2D eigenvalue weighted by molar-refractivity contribution is 9.10. The number of benzene rings is 1. The van der Waals surface area contributed by atoms with Gasteiger partial charge in [0.15, 0.2) is 0 Å². The van der Waals surface area contributed by atoms with E-state index in [1.807, 2.05) is 0 Å². The van der Waals surface area contributed by atoms with Gasteiger partial charge in [-0.25, -0.2) is 0 Å². The van der Waals surface area contributed by atoms with Gasteiger partial charge in [-0.3, -0.25) is 4.90 Å². The van der Waals surface area contributed by atoms with E-state index >= 15 is 0 Å². The fraction of sp³-hybridized carbons (Fsp3) is 0.600. The van der Waals surface area contributed by atoms with E-state index in [4.69, 9.17) is 0 Å². The minimum atomic E-state index is 0.447. The van der Waals surface area contributed by atoms with Crippen molar-refractivity contribution in [1.82, 2.24) is 10.2 Å². The minimum Gasteiger partial charge on any atom is -0.306 e. The summed E-state index contributed by atoms with van der Waals surface area (Å²) in [4.78, 5) is 2.66. The molecule has 1 aromatic rings. The normalized spacial score (nSPS) is 26.4. The highest BCUT2D eigenvalue weighted by Gasteiger charge is 2.34. The molecule has 1 aromatic carbocycles. The molecular weight excluding hydrogens is 288 g/mol. The zero-order valence-corrected chi connectivity index (χ0v) is 12.5. The van der Waals surface area contributed by atoms with Crippen molar-refractivity contribution < 1.29 is 0 Å². The van der Waals surface area contributed by atoms with Crippen LogP contribution in [0.3, 0.4) is 0 Å². The molecule has 0 aromatic heterocycles. The van der Waals surface area contributed by atoms with Crippen molar-refractivity contribution in [2.75, 3.05) is 13.1 Å². The summed E-state index contributed by atoms with van der Waals surface area (Å²) in [7, 11) is 0. The first-order valence-corrected chi connectivity index (χ1v) is 7.77. The summed E-state index contributed by atoms with van der Waals surface area (Å²) in [5.41, 5.74) is 1.38. The van der Waals surface area contributed by atoms with E-state index in [2.05, 4.69) is 57.3 Å². The van der Waals surface area contributed by atoms with Crippen molar-refractivity contribution in [3.8, 4) is 0 Å². The van der Waals surface area contributed by atoms with Gasteiger partial charge in [0, 0.05) is 35.7 Å². The zero-order chi connectivity index (χ0) is 12.5. The number of likely N-dealkylation sites (tertiary alicyclic amines) is 1. The molecule has 3 heteroatoms. The van der Waals surface area contributed by atoms with Gasteiger partial charge >= 0.3 is 0 Å². The number of nitrogens with one attached hydrogen (secondary N) is 1. The molecule has 3 rings (SSSR count). The van der Waals surface area contributed by atoms with Crippen LogP contribution in [0, 0.1) is 0 Å². The molecule has 0 radical (unpaired) electrons. The number of nitrogens with zero attached hydrogens (tertiary/aromatic N) is 1. The minimum absolute atomic E-state index is 0.447. The predicted molar refractivity (Wildman–Crippen MR) is 78.7 cm³/mol. The molecular formula is C15H21BrN2. The summed E-state index contributed by atoms with van der Waals surface area (Å²) in [6.45, 7) is 4.80. The molecule has 0 amide bonds. The molecule has 1 aliphatic heterocycles. The molecule has 1 unspecified atom stereocenters. The van der Waals surface area contributed by atoms with E-state index in [1.165, 1.54) is 37.9 Å². The van der Waals surface area contributed by atoms with Crippen molar-refractivity contribution in [3.63, 3.8) is 0 Å². The highest BCUT2D eigenvalue weighted by atomic mass is 79.9. The van der Waals surface area contributed by atoms with Crippen LogP contribution in [0.2, 0.25) is 0 Å². The maximum absolute atomic E-state index is 3.77. The third-order valence-corrected chi connectivity index (χ3v) is 4.67. The Balaban J connectivity index is 1.54. The largest absolute Gasteiger partial charge is 0.306 e. The number of hydrogen-bond donors (Lipinski definition) is 1. The first-order valence-electron chi connectivity index (χ1n) is 6.98. The van der Waals surface area contributed by atoms with Gasteiger partial charge in [-0.2, -0.15) is 0 Å². The van der Waals surface area contributed by atoms with Crippen LogP contribution in [-0.2, 0) is 0 Å². The van der Waals surface area contributed by atoms with Gasteiger partial charge in [-0.15, -0.1) is 0 Å².